The lowest BCUT2D eigenvalue weighted by Crippen LogP contribution is -1.98. The lowest BCUT2D eigenvalue weighted by molar-refractivity contribution is 0.732. The zero-order chi connectivity index (χ0) is 10.7. The van der Waals surface area contributed by atoms with Crippen LogP contribution in [-0.4, -0.2) is 11.1 Å². The highest BCUT2D eigenvalue weighted by Gasteiger charge is 2.02. The Bertz CT molecular complexity index is 525. The Morgan fingerprint density at radius 2 is 2.27 bits per heavy atom. The molecule has 0 spiro atoms. The van der Waals surface area contributed by atoms with E-state index >= 15 is 0 Å². The molecule has 1 aromatic carbocycles. The van der Waals surface area contributed by atoms with Crippen molar-refractivity contribution in [3.05, 3.63) is 45.9 Å². The Labute approximate surface area is 91.7 Å². The van der Waals surface area contributed by atoms with Crippen LogP contribution in [0.5, 0.6) is 0 Å². The first-order valence-electron chi connectivity index (χ1n) is 4.57. The number of nitrogens with zero attached hydrogens (tertiary/aromatic N) is 4. The largest absolute Gasteiger partial charge is 0.347 e. The van der Waals surface area contributed by atoms with E-state index < -0.39 is 0 Å². The minimum Gasteiger partial charge on any atom is -0.347 e. The van der Waals surface area contributed by atoms with Crippen molar-refractivity contribution in [2.24, 2.45) is 5.11 Å². The molecule has 1 heterocycles. The predicted octanol–water partition coefficient (Wildman–Crippen LogP) is 3.61. The zero-order valence-corrected chi connectivity index (χ0v) is 8.72. The molecule has 0 radical (unpaired) electrons. The maximum atomic E-state index is 8.18. The van der Waals surface area contributed by atoms with Gasteiger partial charge in [-0.15, -0.1) is 0 Å². The summed E-state index contributed by atoms with van der Waals surface area (Å²) >= 11 is 6.04. The first-order valence-corrected chi connectivity index (χ1v) is 4.95. The molecule has 0 amide bonds. The molecule has 0 fully saturated rings. The highest BCUT2D eigenvalue weighted by molar-refractivity contribution is 6.35. The third-order valence-electron chi connectivity index (χ3n) is 2.26. The number of fused-ring (bicyclic) bond motifs is 1. The van der Waals surface area contributed by atoms with Gasteiger partial charge in [-0.2, -0.15) is 0 Å². The lowest BCUT2D eigenvalue weighted by atomic mass is 10.2. The number of rotatable bonds is 3. The summed E-state index contributed by atoms with van der Waals surface area (Å²) in [7, 11) is 0. The summed E-state index contributed by atoms with van der Waals surface area (Å²) in [6, 6.07) is 7.74. The van der Waals surface area contributed by atoms with Crippen molar-refractivity contribution in [2.45, 2.75) is 6.54 Å². The van der Waals surface area contributed by atoms with Gasteiger partial charge in [0.15, 0.2) is 0 Å². The van der Waals surface area contributed by atoms with Crippen molar-refractivity contribution < 1.29 is 0 Å². The molecule has 0 aliphatic carbocycles. The molecule has 5 heteroatoms. The molecule has 2 aromatic rings. The van der Waals surface area contributed by atoms with Gasteiger partial charge in [0.25, 0.3) is 0 Å². The monoisotopic (exact) mass is 220 g/mol. The molecule has 0 N–H and O–H groups in total. The normalized spacial score (nSPS) is 10.2. The second-order valence-electron chi connectivity index (χ2n) is 3.14. The molecule has 0 saturated heterocycles. The van der Waals surface area contributed by atoms with Crippen LogP contribution < -0.4 is 0 Å². The van der Waals surface area contributed by atoms with Crippen LogP contribution in [0.4, 0.5) is 0 Å². The van der Waals surface area contributed by atoms with Gasteiger partial charge < -0.3 is 4.57 Å². The fourth-order valence-corrected chi connectivity index (χ4v) is 1.81. The molecule has 0 aliphatic heterocycles. The van der Waals surface area contributed by atoms with Crippen LogP contribution in [0.3, 0.4) is 0 Å². The van der Waals surface area contributed by atoms with Gasteiger partial charge in [-0.1, -0.05) is 22.8 Å². The van der Waals surface area contributed by atoms with Crippen LogP contribution in [-0.2, 0) is 6.54 Å². The predicted molar refractivity (Wildman–Crippen MR) is 61.0 cm³/mol. The Balaban J connectivity index is 2.36. The average molecular weight is 221 g/mol. The summed E-state index contributed by atoms with van der Waals surface area (Å²) in [5.74, 6) is 0. The van der Waals surface area contributed by atoms with Crippen LogP contribution in [0, 0.1) is 0 Å². The highest BCUT2D eigenvalue weighted by atomic mass is 35.5. The molecule has 2 rings (SSSR count). The molecule has 15 heavy (non-hydrogen) atoms. The number of benzene rings is 1. The average Bonchev–Trinajstić information content (AvgIpc) is 2.64. The summed E-state index contributed by atoms with van der Waals surface area (Å²) < 4.78 is 2.02. The molecule has 0 atom stereocenters. The molecular weight excluding hydrogens is 212 g/mol. The van der Waals surface area contributed by atoms with Gasteiger partial charge in [0.2, 0.25) is 0 Å². The van der Waals surface area contributed by atoms with Crippen molar-refractivity contribution in [1.29, 1.82) is 0 Å². The second-order valence-corrected chi connectivity index (χ2v) is 3.54. The van der Waals surface area contributed by atoms with E-state index in [1.807, 2.05) is 35.0 Å². The van der Waals surface area contributed by atoms with Crippen LogP contribution in [0.1, 0.15) is 0 Å². The van der Waals surface area contributed by atoms with E-state index in [-0.39, 0.29) is 0 Å². The van der Waals surface area contributed by atoms with Gasteiger partial charge in [-0.25, -0.2) is 0 Å². The third kappa shape index (κ3) is 1.91. The smallest absolute Gasteiger partial charge is 0.0499 e. The van der Waals surface area contributed by atoms with E-state index in [9.17, 15) is 0 Å². The number of halogens is 1. The maximum Gasteiger partial charge on any atom is 0.0499 e. The van der Waals surface area contributed by atoms with E-state index in [1.165, 1.54) is 0 Å². The summed E-state index contributed by atoms with van der Waals surface area (Å²) in [6.45, 7) is 1.13. The van der Waals surface area contributed by atoms with Crippen molar-refractivity contribution >= 4 is 22.5 Å². The van der Waals surface area contributed by atoms with Crippen LogP contribution in [0.25, 0.3) is 21.3 Å². The molecule has 0 aliphatic rings. The summed E-state index contributed by atoms with van der Waals surface area (Å²) in [6.07, 6.45) is 1.95. The van der Waals surface area contributed by atoms with Gasteiger partial charge in [0.05, 0.1) is 0 Å². The second kappa shape index (κ2) is 4.26. The summed E-state index contributed by atoms with van der Waals surface area (Å²) in [5.41, 5.74) is 9.25. The Hall–Kier alpha value is -1.64. The van der Waals surface area contributed by atoms with E-state index in [0.717, 1.165) is 15.9 Å². The van der Waals surface area contributed by atoms with Gasteiger partial charge >= 0.3 is 0 Å². The first-order chi connectivity index (χ1) is 7.33. The third-order valence-corrected chi connectivity index (χ3v) is 2.59. The van der Waals surface area contributed by atoms with Crippen molar-refractivity contribution in [1.82, 2.24) is 4.57 Å². The van der Waals surface area contributed by atoms with Crippen LogP contribution in [0.15, 0.2) is 35.6 Å². The number of hydrogen-bond acceptors (Lipinski definition) is 1. The maximum absolute atomic E-state index is 8.18. The topological polar surface area (TPSA) is 53.7 Å². The number of aromatic nitrogens is 1. The standard InChI is InChI=1S/C10H9ClN4/c11-9-2-1-3-10-8(9)4-6-15(10)7-5-13-14-12/h1-4,6H,5,7H2. The Morgan fingerprint density at radius 1 is 1.40 bits per heavy atom. The van der Waals surface area contributed by atoms with Crippen molar-refractivity contribution in [3.63, 3.8) is 0 Å². The fraction of sp³-hybridized carbons (Fsp3) is 0.200. The Kier molecular flexibility index (Phi) is 2.81. The van der Waals surface area contributed by atoms with Gasteiger partial charge in [0, 0.05) is 40.1 Å². The van der Waals surface area contributed by atoms with E-state index in [2.05, 4.69) is 10.0 Å². The molecule has 4 nitrogen and oxygen atoms in total. The summed E-state index contributed by atoms with van der Waals surface area (Å²) in [5, 5.41) is 5.28. The molecular formula is C10H9ClN4. The highest BCUT2D eigenvalue weighted by Crippen LogP contribution is 2.23. The van der Waals surface area contributed by atoms with E-state index in [1.54, 1.807) is 0 Å². The molecule has 1 aromatic heterocycles. The van der Waals surface area contributed by atoms with Gasteiger partial charge in [-0.3, -0.25) is 0 Å². The van der Waals surface area contributed by atoms with Crippen LogP contribution >= 0.6 is 11.6 Å². The summed E-state index contributed by atoms with van der Waals surface area (Å²) in [4.78, 5) is 2.72. The SMILES string of the molecule is [N-]=[N+]=NCCn1ccc2c(Cl)cccc21. The Morgan fingerprint density at radius 3 is 3.07 bits per heavy atom. The van der Waals surface area contributed by atoms with Gasteiger partial charge in [0.1, 0.15) is 0 Å². The van der Waals surface area contributed by atoms with E-state index in [0.29, 0.717) is 13.1 Å². The number of hydrogen-bond donors (Lipinski definition) is 0. The first kappa shape index (κ1) is 9.90. The lowest BCUT2D eigenvalue weighted by Gasteiger charge is -2.02. The van der Waals surface area contributed by atoms with Gasteiger partial charge in [-0.05, 0) is 23.7 Å². The quantitative estimate of drug-likeness (QED) is 0.431. The fourth-order valence-electron chi connectivity index (χ4n) is 1.58. The van der Waals surface area contributed by atoms with Crippen molar-refractivity contribution in [3.8, 4) is 0 Å². The zero-order valence-electron chi connectivity index (χ0n) is 7.97. The minimum atomic E-state index is 0.451. The molecule has 0 unspecified atom stereocenters. The molecule has 76 valence electrons. The molecule has 0 saturated carbocycles. The van der Waals surface area contributed by atoms with Crippen molar-refractivity contribution in [2.75, 3.05) is 6.54 Å². The molecule has 0 bridgehead atoms. The van der Waals surface area contributed by atoms with Crippen LogP contribution in [0.2, 0.25) is 5.02 Å². The number of azide groups is 1. The minimum absolute atomic E-state index is 0.451. The van der Waals surface area contributed by atoms with E-state index in [4.69, 9.17) is 17.1 Å².